The second kappa shape index (κ2) is 26.1. The van der Waals surface area contributed by atoms with Crippen molar-refractivity contribution in [1.29, 1.82) is 10.5 Å². The Bertz CT molecular complexity index is 2100. The van der Waals surface area contributed by atoms with Gasteiger partial charge in [-0.15, -0.1) is 0 Å². The van der Waals surface area contributed by atoms with E-state index in [0.717, 1.165) is 40.2 Å². The minimum atomic E-state index is -1.37. The minimum absolute atomic E-state index is 0.158. The topological polar surface area (TPSA) is 136 Å². The molecule has 0 bridgehead atoms. The third kappa shape index (κ3) is 15.6. The molecule has 0 N–H and O–H groups in total. The lowest BCUT2D eigenvalue weighted by Crippen LogP contribution is -2.44. The number of aryl methyl sites for hydroxylation is 3. The summed E-state index contributed by atoms with van der Waals surface area (Å²) in [6.45, 7) is 18.8. The summed E-state index contributed by atoms with van der Waals surface area (Å²) in [6, 6.07) is 24.5. The molecule has 1 saturated carbocycles. The molecule has 0 amide bonds. The van der Waals surface area contributed by atoms with Gasteiger partial charge in [0.05, 0.1) is 12.1 Å². The molecule has 0 unspecified atom stereocenters. The van der Waals surface area contributed by atoms with Crippen molar-refractivity contribution in [3.63, 3.8) is 0 Å². The quantitative estimate of drug-likeness (QED) is 0.0334. The average Bonchev–Trinajstić information content (AvgIpc) is 3.31. The first kappa shape index (κ1) is 51.7. The molecule has 1 aliphatic rings. The van der Waals surface area contributed by atoms with Crippen LogP contribution in [0.3, 0.4) is 0 Å². The Balaban J connectivity index is 1.72. The van der Waals surface area contributed by atoms with Crippen LogP contribution in [0.5, 0.6) is 5.75 Å². The second-order valence-corrected chi connectivity index (χ2v) is 18.1. The highest BCUT2D eigenvalue weighted by Gasteiger charge is 2.38. The van der Waals surface area contributed by atoms with E-state index in [2.05, 4.69) is 100 Å². The zero-order valence-electron chi connectivity index (χ0n) is 39.7. The molecule has 0 aliphatic heterocycles. The van der Waals surface area contributed by atoms with Crippen molar-refractivity contribution >= 4 is 17.9 Å². The van der Waals surface area contributed by atoms with Gasteiger partial charge in [-0.3, -0.25) is 0 Å². The van der Waals surface area contributed by atoms with E-state index in [4.69, 9.17) is 18.9 Å². The van der Waals surface area contributed by atoms with Crippen molar-refractivity contribution in [3.8, 4) is 40.1 Å². The molecule has 9 heteroatoms. The molecule has 0 saturated heterocycles. The van der Waals surface area contributed by atoms with Crippen LogP contribution in [-0.2, 0) is 47.9 Å². The highest BCUT2D eigenvalue weighted by Crippen LogP contribution is 2.40. The Morgan fingerprint density at radius 3 is 1.58 bits per heavy atom. The van der Waals surface area contributed by atoms with E-state index >= 15 is 0 Å². The molecule has 65 heavy (non-hydrogen) atoms. The zero-order valence-corrected chi connectivity index (χ0v) is 39.7. The van der Waals surface area contributed by atoms with Crippen molar-refractivity contribution in [2.75, 3.05) is 26.4 Å². The van der Waals surface area contributed by atoms with Crippen LogP contribution in [0.2, 0.25) is 0 Å². The fourth-order valence-electron chi connectivity index (χ4n) is 8.45. The summed E-state index contributed by atoms with van der Waals surface area (Å²) in [7, 11) is 0. The predicted molar refractivity (Wildman–Crippen MR) is 258 cm³/mol. The maximum atomic E-state index is 12.7. The Morgan fingerprint density at radius 2 is 1.12 bits per heavy atom. The Kier molecular flexibility index (Phi) is 20.8. The van der Waals surface area contributed by atoms with E-state index in [1.54, 1.807) is 0 Å². The maximum absolute atomic E-state index is 12.7. The number of nitriles is 2. The Hall–Kier alpha value is -5.93. The van der Waals surface area contributed by atoms with Crippen LogP contribution in [0.4, 0.5) is 0 Å². The smallest absolute Gasteiger partial charge is 0.333 e. The fraction of sp³-hybridized carbons (Fsp3) is 0.482. The molecular formula is C56H70N2O7. The molecule has 346 valence electrons. The molecular weight excluding hydrogens is 813 g/mol. The van der Waals surface area contributed by atoms with Crippen molar-refractivity contribution in [2.45, 2.75) is 137 Å². The van der Waals surface area contributed by atoms with Gasteiger partial charge in [-0.1, -0.05) is 102 Å². The van der Waals surface area contributed by atoms with Crippen LogP contribution in [0.15, 0.2) is 91.1 Å². The first-order chi connectivity index (χ1) is 31.2. The summed E-state index contributed by atoms with van der Waals surface area (Å²) in [5.41, 5.74) is 7.85. The summed E-state index contributed by atoms with van der Waals surface area (Å²) in [5, 5.41) is 19.1. The van der Waals surface area contributed by atoms with Gasteiger partial charge in [0.15, 0.2) is 0 Å². The highest BCUT2D eigenvalue weighted by atomic mass is 16.6. The van der Waals surface area contributed by atoms with Crippen molar-refractivity contribution in [1.82, 2.24) is 0 Å². The fourth-order valence-corrected chi connectivity index (χ4v) is 8.45. The number of rotatable bonds is 26. The molecule has 0 atom stereocenters. The predicted octanol–water partition coefficient (Wildman–Crippen LogP) is 12.9. The molecule has 4 rings (SSSR count). The molecule has 0 aromatic heterocycles. The number of carbonyl (C=O) groups excluding carboxylic acids is 3. The number of esters is 3. The van der Waals surface area contributed by atoms with Gasteiger partial charge in [0.1, 0.15) is 37.6 Å². The van der Waals surface area contributed by atoms with E-state index in [-0.39, 0.29) is 43.1 Å². The monoisotopic (exact) mass is 883 g/mol. The van der Waals surface area contributed by atoms with Crippen molar-refractivity contribution in [3.05, 3.63) is 113 Å². The van der Waals surface area contributed by atoms with E-state index in [0.29, 0.717) is 50.2 Å². The summed E-state index contributed by atoms with van der Waals surface area (Å²) in [5.74, 6) is 0.0406. The molecule has 0 spiro atoms. The van der Waals surface area contributed by atoms with Crippen LogP contribution in [0, 0.1) is 34.0 Å². The van der Waals surface area contributed by atoms with E-state index in [1.807, 2.05) is 0 Å². The first-order valence-electron chi connectivity index (χ1n) is 23.5. The number of benzene rings is 3. The largest absolute Gasteiger partial charge is 0.492 e. The van der Waals surface area contributed by atoms with Gasteiger partial charge in [-0.05, 0) is 147 Å². The summed E-state index contributed by atoms with van der Waals surface area (Å²) in [4.78, 5) is 38.2. The van der Waals surface area contributed by atoms with Crippen LogP contribution in [-0.4, -0.2) is 44.3 Å². The van der Waals surface area contributed by atoms with Gasteiger partial charge in [0.2, 0.25) is 0 Å². The Labute approximate surface area is 388 Å². The molecule has 9 nitrogen and oxygen atoms in total. The van der Waals surface area contributed by atoms with Crippen LogP contribution < -0.4 is 4.74 Å². The Morgan fingerprint density at radius 1 is 0.631 bits per heavy atom. The molecule has 1 fully saturated rings. The van der Waals surface area contributed by atoms with Gasteiger partial charge in [0, 0.05) is 29.6 Å². The molecule has 0 radical (unpaired) electrons. The molecule has 3 aromatic carbocycles. The average molecular weight is 883 g/mol. The van der Waals surface area contributed by atoms with Crippen LogP contribution in [0.25, 0.3) is 22.3 Å². The lowest BCUT2D eigenvalue weighted by atomic mass is 9.77. The summed E-state index contributed by atoms with van der Waals surface area (Å²) < 4.78 is 23.7. The molecule has 1 aliphatic carbocycles. The van der Waals surface area contributed by atoms with Crippen LogP contribution >= 0.6 is 0 Å². The van der Waals surface area contributed by atoms with Gasteiger partial charge in [-0.2, -0.15) is 10.5 Å². The highest BCUT2D eigenvalue weighted by molar-refractivity contribution is 5.88. The number of nitrogens with zero attached hydrogens (tertiary/aromatic N) is 2. The third-order valence-electron chi connectivity index (χ3n) is 12.4. The van der Waals surface area contributed by atoms with Gasteiger partial charge >= 0.3 is 17.9 Å². The van der Waals surface area contributed by atoms with E-state index in [9.17, 15) is 24.9 Å². The zero-order chi connectivity index (χ0) is 47.4. The first-order valence-corrected chi connectivity index (χ1v) is 23.5. The maximum Gasteiger partial charge on any atom is 0.333 e. The number of hydrogen-bond acceptors (Lipinski definition) is 9. The third-order valence-corrected chi connectivity index (χ3v) is 12.4. The van der Waals surface area contributed by atoms with Gasteiger partial charge < -0.3 is 18.9 Å². The molecule has 0 heterocycles. The van der Waals surface area contributed by atoms with E-state index < -0.39 is 23.3 Å². The summed E-state index contributed by atoms with van der Waals surface area (Å²) in [6.07, 6.45) is 14.2. The van der Waals surface area contributed by atoms with Gasteiger partial charge in [-0.25, -0.2) is 14.4 Å². The van der Waals surface area contributed by atoms with Gasteiger partial charge in [0.25, 0.3) is 0 Å². The SMILES string of the molecule is C=C(C)C(=O)OCC(COC(=O)C(=C)C)(COC(=O)C(=C)C)COc1c(CCCC#N)cc(-c2ccc(-c3ccc(C4CCC(CCCCC)CC4)cc3)cc2CC)cc1CCCC#N. The van der Waals surface area contributed by atoms with Crippen LogP contribution in [0.1, 0.15) is 140 Å². The minimum Gasteiger partial charge on any atom is -0.492 e. The van der Waals surface area contributed by atoms with Crippen molar-refractivity contribution in [2.24, 2.45) is 11.3 Å². The molecule has 3 aromatic rings. The number of hydrogen-bond donors (Lipinski definition) is 0. The van der Waals surface area contributed by atoms with Crippen molar-refractivity contribution < 1.29 is 33.3 Å². The normalized spacial score (nSPS) is 14.6. The number of carbonyl (C=O) groups is 3. The lowest BCUT2D eigenvalue weighted by Gasteiger charge is -2.33. The lowest BCUT2D eigenvalue weighted by molar-refractivity contribution is -0.159. The number of ether oxygens (including phenoxy) is 4. The number of unbranched alkanes of at least 4 members (excludes halogenated alkanes) is 4. The summed E-state index contributed by atoms with van der Waals surface area (Å²) >= 11 is 0. The standard InChI is InChI=1S/C56H70N2O7/c1-9-11-12-17-42-20-22-44(23-21-42)45-24-26-46(27-25-45)47-28-29-51(43(10-2)32-47)50-33-48(18-13-15-30-57)52(49(34-50)19-14-16-31-58)62-35-56(36-63-53(59)39(3)4,37-64-54(60)40(5)6)38-65-55(61)41(7)8/h24-29,32-34,42,44H,3,5,7,9-23,35-38H2,1-2,4,6,8H3. The van der Waals surface area contributed by atoms with E-state index in [1.165, 1.54) is 88.8 Å². The second-order valence-electron chi connectivity index (χ2n) is 18.1.